The van der Waals surface area contributed by atoms with E-state index in [9.17, 15) is 13.2 Å². The lowest BCUT2D eigenvalue weighted by Gasteiger charge is -2.42. The maximum Gasteiger partial charge on any atom is 0.243 e. The first kappa shape index (κ1) is 26.3. The number of carbonyl (C=O) groups is 1. The summed E-state index contributed by atoms with van der Waals surface area (Å²) < 4.78 is 34.7. The molecule has 0 saturated carbocycles. The van der Waals surface area contributed by atoms with Gasteiger partial charge in [0.2, 0.25) is 15.9 Å². The molecule has 9 heteroatoms. The van der Waals surface area contributed by atoms with Crippen molar-refractivity contribution in [3.05, 3.63) is 58.1 Å². The minimum atomic E-state index is -3.76. The number of carbonyl (C=O) groups excluding carboxylic acids is 1. The lowest BCUT2D eigenvalue weighted by molar-refractivity contribution is -0.136. The van der Waals surface area contributed by atoms with E-state index in [-0.39, 0.29) is 30.4 Å². The van der Waals surface area contributed by atoms with E-state index >= 15 is 0 Å². The van der Waals surface area contributed by atoms with Crippen LogP contribution in [0.4, 0.5) is 0 Å². The van der Waals surface area contributed by atoms with Gasteiger partial charge in [0, 0.05) is 48.1 Å². The van der Waals surface area contributed by atoms with Gasteiger partial charge in [-0.15, -0.1) is 0 Å². The highest BCUT2D eigenvalue weighted by atomic mass is 35.5. The Labute approximate surface area is 218 Å². The molecule has 2 saturated heterocycles. The number of hydrogen-bond donors (Lipinski definition) is 0. The van der Waals surface area contributed by atoms with E-state index in [0.29, 0.717) is 35.2 Å². The maximum absolute atomic E-state index is 13.5. The number of sulfonamides is 1. The van der Waals surface area contributed by atoms with Crippen LogP contribution in [0.1, 0.15) is 44.1 Å². The molecule has 35 heavy (non-hydrogen) atoms. The van der Waals surface area contributed by atoms with Crippen molar-refractivity contribution in [1.29, 1.82) is 0 Å². The summed E-state index contributed by atoms with van der Waals surface area (Å²) in [4.78, 5) is 15.4. The van der Waals surface area contributed by atoms with Crippen LogP contribution in [-0.2, 0) is 14.8 Å². The van der Waals surface area contributed by atoms with Crippen molar-refractivity contribution < 1.29 is 17.9 Å². The van der Waals surface area contributed by atoms with Gasteiger partial charge in [0.25, 0.3) is 0 Å². The quantitative estimate of drug-likeness (QED) is 0.463. The average molecular weight is 540 g/mol. The van der Waals surface area contributed by atoms with Gasteiger partial charge in [0.15, 0.2) is 0 Å². The zero-order valence-electron chi connectivity index (χ0n) is 20.0. The fourth-order valence-corrected chi connectivity index (χ4v) is 6.99. The normalized spacial score (nSPS) is 21.6. The summed E-state index contributed by atoms with van der Waals surface area (Å²) in [5.41, 5.74) is 0.266. The van der Waals surface area contributed by atoms with E-state index in [1.54, 1.807) is 30.3 Å². The number of aryl methyl sites for hydroxylation is 1. The predicted molar refractivity (Wildman–Crippen MR) is 139 cm³/mol. The minimum Gasteiger partial charge on any atom is -0.493 e. The predicted octanol–water partition coefficient (Wildman–Crippen LogP) is 5.55. The molecule has 0 bridgehead atoms. The first-order valence-corrected chi connectivity index (χ1v) is 14.3. The smallest absolute Gasteiger partial charge is 0.243 e. The van der Waals surface area contributed by atoms with Crippen molar-refractivity contribution in [1.82, 2.24) is 9.21 Å². The molecule has 2 fully saturated rings. The number of piperidine rings is 2. The summed E-state index contributed by atoms with van der Waals surface area (Å²) >= 11 is 12.2. The standard InChI is InChI=1S/C26H32Cl2N2O4S/c1-20-15-22(9-10-24(20)28)34-19-26(17-25(31)29-12-3-2-4-13-29)11-6-14-30(18-26)35(32,33)23-8-5-7-21(27)16-23/h5,7-10,15-16H,2-4,6,11-14,17-19H2,1H3. The SMILES string of the molecule is Cc1cc(OCC2(CC(=O)N3CCCCC3)CCCN(S(=O)(=O)c3cccc(Cl)c3)C2)ccc1Cl. The van der Waals surface area contributed by atoms with E-state index in [4.69, 9.17) is 27.9 Å². The van der Waals surface area contributed by atoms with Crippen LogP contribution in [0.3, 0.4) is 0 Å². The highest BCUT2D eigenvalue weighted by Gasteiger charge is 2.43. The molecule has 2 aromatic rings. The molecule has 0 aromatic heterocycles. The Morgan fingerprint density at radius 3 is 2.51 bits per heavy atom. The van der Waals surface area contributed by atoms with Crippen molar-refractivity contribution in [2.75, 3.05) is 32.8 Å². The third kappa shape index (κ3) is 6.31. The Morgan fingerprint density at radius 1 is 1.03 bits per heavy atom. The van der Waals surface area contributed by atoms with Gasteiger partial charge < -0.3 is 9.64 Å². The van der Waals surface area contributed by atoms with Gasteiger partial charge in [0.1, 0.15) is 5.75 Å². The number of rotatable bonds is 7. The van der Waals surface area contributed by atoms with Gasteiger partial charge in [-0.3, -0.25) is 4.79 Å². The minimum absolute atomic E-state index is 0.0718. The van der Waals surface area contributed by atoms with Crippen LogP contribution in [-0.4, -0.2) is 56.3 Å². The van der Waals surface area contributed by atoms with Crippen molar-refractivity contribution in [3.63, 3.8) is 0 Å². The Bertz CT molecular complexity index is 1170. The molecular formula is C26H32Cl2N2O4S. The molecule has 0 radical (unpaired) electrons. The van der Waals surface area contributed by atoms with E-state index in [1.165, 1.54) is 10.4 Å². The van der Waals surface area contributed by atoms with Crippen LogP contribution in [0.15, 0.2) is 47.4 Å². The Hall–Kier alpha value is -1.80. The highest BCUT2D eigenvalue weighted by molar-refractivity contribution is 7.89. The molecule has 190 valence electrons. The topological polar surface area (TPSA) is 66.9 Å². The van der Waals surface area contributed by atoms with Gasteiger partial charge in [-0.25, -0.2) is 8.42 Å². The number of likely N-dealkylation sites (tertiary alicyclic amines) is 1. The van der Waals surface area contributed by atoms with Crippen molar-refractivity contribution in [2.24, 2.45) is 5.41 Å². The first-order valence-electron chi connectivity index (χ1n) is 12.1. The summed E-state index contributed by atoms with van der Waals surface area (Å²) in [5.74, 6) is 0.731. The van der Waals surface area contributed by atoms with E-state index in [0.717, 1.165) is 37.9 Å². The molecular weight excluding hydrogens is 507 g/mol. The van der Waals surface area contributed by atoms with Crippen LogP contribution < -0.4 is 4.74 Å². The van der Waals surface area contributed by atoms with Crippen LogP contribution in [0, 0.1) is 12.3 Å². The van der Waals surface area contributed by atoms with Crippen LogP contribution in [0.25, 0.3) is 0 Å². The van der Waals surface area contributed by atoms with Crippen molar-refractivity contribution in [2.45, 2.75) is 50.3 Å². The number of benzene rings is 2. The van der Waals surface area contributed by atoms with Gasteiger partial charge in [-0.05, 0) is 81.0 Å². The second-order valence-corrected chi connectivity index (χ2v) is 12.5. The summed E-state index contributed by atoms with van der Waals surface area (Å²) in [6.07, 6.45) is 4.76. The van der Waals surface area contributed by atoms with E-state index in [2.05, 4.69) is 0 Å². The lowest BCUT2D eigenvalue weighted by Crippen LogP contribution is -2.51. The molecule has 0 N–H and O–H groups in total. The maximum atomic E-state index is 13.5. The molecule has 0 aliphatic carbocycles. The Balaban J connectivity index is 1.59. The van der Waals surface area contributed by atoms with Gasteiger partial charge in [-0.2, -0.15) is 4.31 Å². The summed E-state index contributed by atoms with van der Waals surface area (Å²) in [6, 6.07) is 11.8. The monoisotopic (exact) mass is 538 g/mol. The molecule has 2 aromatic carbocycles. The second kappa shape index (κ2) is 11.1. The first-order chi connectivity index (χ1) is 16.7. The fraction of sp³-hybridized carbons (Fsp3) is 0.500. The molecule has 0 spiro atoms. The molecule has 6 nitrogen and oxygen atoms in total. The number of ether oxygens (including phenoxy) is 1. The van der Waals surface area contributed by atoms with Gasteiger partial charge in [-0.1, -0.05) is 29.3 Å². The van der Waals surface area contributed by atoms with Gasteiger partial charge in [0.05, 0.1) is 11.5 Å². The Morgan fingerprint density at radius 2 is 1.80 bits per heavy atom. The van der Waals surface area contributed by atoms with Crippen LogP contribution >= 0.6 is 23.2 Å². The third-order valence-corrected chi connectivity index (χ3v) is 9.47. The molecule has 2 aliphatic heterocycles. The summed E-state index contributed by atoms with van der Waals surface area (Å²) in [7, 11) is -3.76. The lowest BCUT2D eigenvalue weighted by atomic mass is 9.78. The number of halogens is 2. The molecule has 2 heterocycles. The van der Waals surface area contributed by atoms with Gasteiger partial charge >= 0.3 is 0 Å². The molecule has 4 rings (SSSR count). The molecule has 1 atom stereocenters. The molecule has 1 amide bonds. The summed E-state index contributed by atoms with van der Waals surface area (Å²) in [6.45, 7) is 4.29. The van der Waals surface area contributed by atoms with E-state index < -0.39 is 15.4 Å². The Kier molecular flexibility index (Phi) is 8.31. The molecule has 2 aliphatic rings. The van der Waals surface area contributed by atoms with Crippen molar-refractivity contribution >= 4 is 39.1 Å². The number of hydrogen-bond acceptors (Lipinski definition) is 4. The largest absolute Gasteiger partial charge is 0.493 e. The highest BCUT2D eigenvalue weighted by Crippen LogP contribution is 2.38. The average Bonchev–Trinajstić information content (AvgIpc) is 2.85. The molecule has 1 unspecified atom stereocenters. The second-order valence-electron chi connectivity index (χ2n) is 9.72. The fourth-order valence-electron chi connectivity index (χ4n) is 4.98. The van der Waals surface area contributed by atoms with Crippen LogP contribution in [0.2, 0.25) is 10.0 Å². The van der Waals surface area contributed by atoms with Crippen LogP contribution in [0.5, 0.6) is 5.75 Å². The third-order valence-electron chi connectivity index (χ3n) is 6.97. The van der Waals surface area contributed by atoms with Crippen molar-refractivity contribution in [3.8, 4) is 5.75 Å². The summed E-state index contributed by atoms with van der Waals surface area (Å²) in [5, 5.41) is 1.03. The zero-order chi connectivity index (χ0) is 25.1. The number of nitrogens with zero attached hydrogens (tertiary/aromatic N) is 2. The zero-order valence-corrected chi connectivity index (χ0v) is 22.3. The van der Waals surface area contributed by atoms with E-state index in [1.807, 2.05) is 17.9 Å². The number of amides is 1.